The monoisotopic (exact) mass is 503 g/mol. The third kappa shape index (κ3) is 9.49. The first-order chi connectivity index (χ1) is 16.3. The van der Waals surface area contributed by atoms with E-state index in [1.165, 1.54) is 12.1 Å². The van der Waals surface area contributed by atoms with Crippen LogP contribution in [-0.2, 0) is 26.3 Å². The third-order valence-corrected chi connectivity index (χ3v) is 4.01. The van der Waals surface area contributed by atoms with E-state index in [0.29, 0.717) is 29.4 Å². The first kappa shape index (κ1) is 26.8. The van der Waals surface area contributed by atoms with E-state index in [-0.39, 0.29) is 18.1 Å². The molecule has 184 valence electrons. The molecule has 13 heteroatoms. The highest BCUT2D eigenvalue weighted by molar-refractivity contribution is 7.85. The van der Waals surface area contributed by atoms with Gasteiger partial charge < -0.3 is 25.3 Å². The summed E-state index contributed by atoms with van der Waals surface area (Å²) in [7, 11) is -3.67. The molecule has 0 aliphatic heterocycles. The van der Waals surface area contributed by atoms with E-state index in [4.69, 9.17) is 30.0 Å². The maximum Gasteiger partial charge on any atom is 0.379 e. The molecule has 0 aliphatic carbocycles. The Morgan fingerprint density at radius 1 is 1.09 bits per heavy atom. The second kappa shape index (κ2) is 11.6. The number of ether oxygens (including phenoxy) is 1. The van der Waals surface area contributed by atoms with Gasteiger partial charge in [0.2, 0.25) is 11.7 Å². The van der Waals surface area contributed by atoms with Crippen molar-refractivity contribution in [2.45, 2.75) is 6.54 Å². The summed E-state index contributed by atoms with van der Waals surface area (Å²) in [5.41, 5.74) is 6.08. The van der Waals surface area contributed by atoms with Gasteiger partial charge in [-0.15, -0.1) is 0 Å². The van der Waals surface area contributed by atoms with Crippen LogP contribution in [0.3, 0.4) is 0 Å². The van der Waals surface area contributed by atoms with Crippen LogP contribution in [0.25, 0.3) is 10.8 Å². The molecule has 1 heterocycles. The number of nitrogens with two attached hydrogens (primary N) is 1. The number of nitrogen functional groups attached to an aromatic ring is 1. The normalized spacial score (nSPS) is 10.9. The summed E-state index contributed by atoms with van der Waals surface area (Å²) < 4.78 is 36.6. The van der Waals surface area contributed by atoms with Crippen molar-refractivity contribution >= 4 is 44.6 Å². The molecule has 6 N–H and O–H groups in total. The first-order valence-electron chi connectivity index (χ1n) is 9.62. The maximum absolute atomic E-state index is 12.3. The lowest BCUT2D eigenvalue weighted by Gasteiger charge is -2.06. The molecule has 0 fully saturated rings. The molecule has 0 atom stereocenters. The summed E-state index contributed by atoms with van der Waals surface area (Å²) in [5.74, 6) is -2.02. The number of carboxylic acids is 1. The third-order valence-electron chi connectivity index (χ3n) is 4.01. The van der Waals surface area contributed by atoms with E-state index in [1.54, 1.807) is 36.4 Å². The number of amides is 1. The summed E-state index contributed by atoms with van der Waals surface area (Å²) in [4.78, 5) is 34.1. The van der Waals surface area contributed by atoms with Crippen molar-refractivity contribution in [2.75, 3.05) is 6.26 Å². The van der Waals surface area contributed by atoms with E-state index in [0.717, 1.165) is 16.8 Å². The largest absolute Gasteiger partial charge is 0.478 e. The van der Waals surface area contributed by atoms with E-state index in [2.05, 4.69) is 5.32 Å². The smallest absolute Gasteiger partial charge is 0.379 e. The van der Waals surface area contributed by atoms with Crippen molar-refractivity contribution < 1.29 is 41.6 Å². The minimum atomic E-state index is -3.67. The molecule has 1 aromatic heterocycles. The summed E-state index contributed by atoms with van der Waals surface area (Å²) in [6.45, 7) is -0.0233. The number of carboxylic acid groups (broad SMARTS) is 1. The van der Waals surface area contributed by atoms with Crippen LogP contribution in [-0.4, -0.2) is 48.0 Å². The fourth-order valence-corrected chi connectivity index (χ4v) is 2.57. The molecule has 0 saturated carbocycles. The van der Waals surface area contributed by atoms with Crippen LogP contribution in [0.15, 0.2) is 65.1 Å². The molecule has 0 bridgehead atoms. The lowest BCUT2D eigenvalue weighted by molar-refractivity contribution is -0.131. The number of hydrogen-bond donors (Lipinski definition) is 5. The predicted molar refractivity (Wildman–Crippen MR) is 125 cm³/mol. The number of carbonyl (C=O) groups excluding carboxylic acids is 2. The van der Waals surface area contributed by atoms with Crippen LogP contribution in [0.2, 0.25) is 0 Å². The van der Waals surface area contributed by atoms with Gasteiger partial charge >= 0.3 is 11.9 Å². The molecule has 12 nitrogen and oxygen atoms in total. The Hall–Kier alpha value is -4.49. The van der Waals surface area contributed by atoms with Gasteiger partial charge in [0.05, 0.1) is 12.8 Å². The van der Waals surface area contributed by atoms with Crippen molar-refractivity contribution in [1.82, 2.24) is 5.32 Å². The van der Waals surface area contributed by atoms with Crippen LogP contribution in [0.4, 0.5) is 0 Å². The quantitative estimate of drug-likeness (QED) is 0.0786. The van der Waals surface area contributed by atoms with Crippen molar-refractivity contribution in [2.24, 2.45) is 5.73 Å². The number of furan rings is 1. The molecule has 3 rings (SSSR count). The topological polar surface area (TPSA) is 210 Å². The van der Waals surface area contributed by atoms with E-state index in [9.17, 15) is 22.8 Å². The number of rotatable bonds is 7. The number of hydrogen-bond acceptors (Lipinski definition) is 8. The standard InChI is InChI=1S/C21H17N3O6.CH4O3S/c22-20(23)14-2-1-13-10-15(4-3-12(13)9-14)30-21(28)17-6-5-16(29-17)11-24-18(25)7-8-19(26)27;1-5(2,3)4/h1-10H,11H2,(H3,22,23)(H,24,25)(H,26,27);1H3,(H,2,3,4)/b8-7-;. The van der Waals surface area contributed by atoms with Gasteiger partial charge in [-0.05, 0) is 41.1 Å². The van der Waals surface area contributed by atoms with Gasteiger partial charge in [0.15, 0.2) is 0 Å². The first-order valence-corrected chi connectivity index (χ1v) is 11.5. The number of aliphatic carboxylic acids is 1. The fraction of sp³-hybridized carbons (Fsp3) is 0.0909. The average molecular weight is 503 g/mol. The highest BCUT2D eigenvalue weighted by Gasteiger charge is 2.14. The van der Waals surface area contributed by atoms with Crippen LogP contribution in [0.1, 0.15) is 21.9 Å². The SMILES string of the molecule is CS(=O)(=O)O.N=C(N)c1ccc2cc(OC(=O)c3ccc(CNC(=O)/C=C\C(=O)O)o3)ccc2c1. The number of benzene rings is 2. The second-order valence-electron chi connectivity index (χ2n) is 6.92. The Morgan fingerprint density at radius 2 is 1.71 bits per heavy atom. The average Bonchev–Trinajstić information content (AvgIpc) is 3.24. The molecule has 0 unspecified atom stereocenters. The fourth-order valence-electron chi connectivity index (χ4n) is 2.57. The molecule has 0 aliphatic rings. The van der Waals surface area contributed by atoms with Crippen LogP contribution >= 0.6 is 0 Å². The predicted octanol–water partition coefficient (Wildman–Crippen LogP) is 1.70. The number of carbonyl (C=O) groups is 3. The minimum Gasteiger partial charge on any atom is -0.478 e. The summed E-state index contributed by atoms with van der Waals surface area (Å²) >= 11 is 0. The Bertz CT molecular complexity index is 1400. The van der Waals surface area contributed by atoms with E-state index in [1.807, 2.05) is 0 Å². The zero-order chi connectivity index (χ0) is 26.2. The van der Waals surface area contributed by atoms with Crippen LogP contribution < -0.4 is 15.8 Å². The van der Waals surface area contributed by atoms with Gasteiger partial charge in [-0.2, -0.15) is 8.42 Å². The van der Waals surface area contributed by atoms with E-state index < -0.39 is 28.0 Å². The summed E-state index contributed by atoms with van der Waals surface area (Å²) in [5, 5.41) is 20.0. The molecular weight excluding hydrogens is 482 g/mol. The summed E-state index contributed by atoms with van der Waals surface area (Å²) in [6.07, 6.45) is 2.30. The van der Waals surface area contributed by atoms with Crippen molar-refractivity contribution in [3.05, 3.63) is 77.8 Å². The molecule has 3 aromatic rings. The lowest BCUT2D eigenvalue weighted by atomic mass is 10.1. The highest BCUT2D eigenvalue weighted by Crippen LogP contribution is 2.23. The van der Waals surface area contributed by atoms with Gasteiger partial charge in [0.1, 0.15) is 17.3 Å². The lowest BCUT2D eigenvalue weighted by Crippen LogP contribution is -2.20. The Labute approximate surface area is 199 Å². The van der Waals surface area contributed by atoms with Gasteiger partial charge in [0.25, 0.3) is 10.1 Å². The molecule has 0 radical (unpaired) electrons. The Balaban J connectivity index is 0.000000784. The molecule has 0 saturated heterocycles. The zero-order valence-electron chi connectivity index (χ0n) is 18.2. The summed E-state index contributed by atoms with van der Waals surface area (Å²) in [6, 6.07) is 13.2. The number of esters is 1. The zero-order valence-corrected chi connectivity index (χ0v) is 19.0. The molecule has 2 aromatic carbocycles. The number of fused-ring (bicyclic) bond motifs is 1. The second-order valence-corrected chi connectivity index (χ2v) is 8.38. The minimum absolute atomic E-state index is 0.0233. The van der Waals surface area contributed by atoms with Crippen LogP contribution in [0.5, 0.6) is 5.75 Å². The Morgan fingerprint density at radius 3 is 2.34 bits per heavy atom. The van der Waals surface area contributed by atoms with Crippen molar-refractivity contribution in [3.8, 4) is 5.75 Å². The molecule has 35 heavy (non-hydrogen) atoms. The Kier molecular flexibility index (Phi) is 8.85. The molecular formula is C22H21N3O9S. The van der Waals surface area contributed by atoms with Crippen LogP contribution in [0, 0.1) is 5.41 Å². The number of amidine groups is 1. The molecule has 0 spiro atoms. The van der Waals surface area contributed by atoms with Crippen molar-refractivity contribution in [3.63, 3.8) is 0 Å². The van der Waals surface area contributed by atoms with Crippen molar-refractivity contribution in [1.29, 1.82) is 5.41 Å². The molecule has 1 amide bonds. The van der Waals surface area contributed by atoms with Gasteiger partial charge in [0, 0.05) is 17.7 Å². The van der Waals surface area contributed by atoms with Gasteiger partial charge in [-0.25, -0.2) is 9.59 Å². The van der Waals surface area contributed by atoms with Gasteiger partial charge in [-0.3, -0.25) is 14.8 Å². The highest BCUT2D eigenvalue weighted by atomic mass is 32.2. The number of nitrogens with one attached hydrogen (secondary N) is 2. The van der Waals surface area contributed by atoms with Gasteiger partial charge in [-0.1, -0.05) is 18.2 Å². The van der Waals surface area contributed by atoms with E-state index >= 15 is 0 Å². The maximum atomic E-state index is 12.3.